The molecule has 0 aliphatic carbocycles. The van der Waals surface area contributed by atoms with Gasteiger partial charge in [-0.1, -0.05) is 36.4 Å². The lowest BCUT2D eigenvalue weighted by molar-refractivity contribution is 0.306. The van der Waals surface area contributed by atoms with E-state index in [1.54, 1.807) is 7.05 Å². The van der Waals surface area contributed by atoms with E-state index >= 15 is 0 Å². The van der Waals surface area contributed by atoms with Crippen molar-refractivity contribution in [1.29, 1.82) is 0 Å². The number of benzene rings is 2. The first-order valence-corrected chi connectivity index (χ1v) is 6.29. The Hall–Kier alpha value is -2.53. The molecule has 104 valence electrons. The number of aliphatic imine (C=N–C) groups is 1. The Morgan fingerprint density at radius 3 is 2.65 bits per heavy atom. The summed E-state index contributed by atoms with van der Waals surface area (Å²) in [7, 11) is 1.65. The lowest BCUT2D eigenvalue weighted by atomic mass is 10.2. The standard InChI is InChI=1S/C15H18N4O/c1-17-15(19-16)18-13-8-5-9-14(10-13)20-11-12-6-3-2-4-7-12/h2-10H,11,16H2,1H3,(H2,17,18,19). The number of guanidine groups is 1. The van der Waals surface area contributed by atoms with Crippen molar-refractivity contribution in [3.05, 3.63) is 60.2 Å². The van der Waals surface area contributed by atoms with E-state index in [0.29, 0.717) is 12.6 Å². The largest absolute Gasteiger partial charge is 0.489 e. The average molecular weight is 270 g/mol. The molecule has 2 rings (SSSR count). The van der Waals surface area contributed by atoms with Gasteiger partial charge in [-0.2, -0.15) is 0 Å². The third-order valence-electron chi connectivity index (χ3n) is 2.71. The van der Waals surface area contributed by atoms with Gasteiger partial charge in [-0.25, -0.2) is 5.84 Å². The molecular weight excluding hydrogens is 252 g/mol. The van der Waals surface area contributed by atoms with Gasteiger partial charge in [0, 0.05) is 18.8 Å². The van der Waals surface area contributed by atoms with Gasteiger partial charge < -0.3 is 10.1 Å². The first kappa shape index (κ1) is 13.9. The van der Waals surface area contributed by atoms with Gasteiger partial charge in [0.15, 0.2) is 0 Å². The van der Waals surface area contributed by atoms with Crippen molar-refractivity contribution in [2.24, 2.45) is 10.8 Å². The lowest BCUT2D eigenvalue weighted by Crippen LogP contribution is -2.36. The fourth-order valence-electron chi connectivity index (χ4n) is 1.70. The number of nitrogens with one attached hydrogen (secondary N) is 2. The highest BCUT2D eigenvalue weighted by Gasteiger charge is 2.00. The second kappa shape index (κ2) is 7.16. The summed E-state index contributed by atoms with van der Waals surface area (Å²) in [6.45, 7) is 0.536. The molecule has 2 aromatic carbocycles. The van der Waals surface area contributed by atoms with Crippen molar-refractivity contribution in [2.45, 2.75) is 6.61 Å². The minimum atomic E-state index is 0.491. The maximum atomic E-state index is 5.75. The van der Waals surface area contributed by atoms with Crippen molar-refractivity contribution in [2.75, 3.05) is 12.4 Å². The minimum absolute atomic E-state index is 0.491. The zero-order valence-corrected chi connectivity index (χ0v) is 11.3. The van der Waals surface area contributed by atoms with E-state index in [-0.39, 0.29) is 0 Å². The Morgan fingerprint density at radius 2 is 1.95 bits per heavy atom. The SMILES string of the molecule is CN=C(NN)Nc1cccc(OCc2ccccc2)c1. The third-order valence-corrected chi connectivity index (χ3v) is 2.71. The molecule has 5 heteroatoms. The van der Waals surface area contributed by atoms with Crippen LogP contribution in [0.4, 0.5) is 5.69 Å². The quantitative estimate of drug-likeness (QED) is 0.344. The predicted molar refractivity (Wildman–Crippen MR) is 81.5 cm³/mol. The fraction of sp³-hybridized carbons (Fsp3) is 0.133. The van der Waals surface area contributed by atoms with Gasteiger partial charge in [0.1, 0.15) is 12.4 Å². The molecule has 0 radical (unpaired) electrons. The van der Waals surface area contributed by atoms with Gasteiger partial charge in [-0.3, -0.25) is 10.4 Å². The van der Waals surface area contributed by atoms with Crippen LogP contribution in [0.2, 0.25) is 0 Å². The zero-order valence-electron chi connectivity index (χ0n) is 11.3. The van der Waals surface area contributed by atoms with Crippen molar-refractivity contribution in [1.82, 2.24) is 5.43 Å². The normalized spacial score (nSPS) is 11.0. The predicted octanol–water partition coefficient (Wildman–Crippen LogP) is 2.13. The summed E-state index contributed by atoms with van der Waals surface area (Å²) in [6.07, 6.45) is 0. The number of nitrogens with zero attached hydrogens (tertiary/aromatic N) is 1. The Kier molecular flexibility index (Phi) is 4.97. The molecule has 0 saturated carbocycles. The van der Waals surface area contributed by atoms with Crippen LogP contribution in [0.3, 0.4) is 0 Å². The van der Waals surface area contributed by atoms with E-state index in [2.05, 4.69) is 15.7 Å². The molecule has 0 atom stereocenters. The molecule has 5 nitrogen and oxygen atoms in total. The van der Waals surface area contributed by atoms with E-state index in [0.717, 1.165) is 17.0 Å². The van der Waals surface area contributed by atoms with Crippen LogP contribution in [0.5, 0.6) is 5.75 Å². The van der Waals surface area contributed by atoms with Crippen LogP contribution in [0.25, 0.3) is 0 Å². The molecule has 0 fully saturated rings. The Labute approximate surface area is 118 Å². The van der Waals surface area contributed by atoms with E-state index in [1.165, 1.54) is 0 Å². The highest BCUT2D eigenvalue weighted by atomic mass is 16.5. The number of hydrogen-bond donors (Lipinski definition) is 3. The van der Waals surface area contributed by atoms with Gasteiger partial charge in [-0.15, -0.1) is 0 Å². The van der Waals surface area contributed by atoms with Crippen molar-refractivity contribution < 1.29 is 4.74 Å². The first-order chi connectivity index (χ1) is 9.81. The summed E-state index contributed by atoms with van der Waals surface area (Å²) in [6, 6.07) is 17.7. The van der Waals surface area contributed by atoms with Crippen LogP contribution in [0.15, 0.2) is 59.6 Å². The molecule has 4 N–H and O–H groups in total. The summed E-state index contributed by atoms with van der Waals surface area (Å²) >= 11 is 0. The maximum Gasteiger partial charge on any atom is 0.209 e. The Balaban J connectivity index is 1.99. The number of anilines is 1. The zero-order chi connectivity index (χ0) is 14.2. The smallest absolute Gasteiger partial charge is 0.209 e. The maximum absolute atomic E-state index is 5.75. The fourth-order valence-corrected chi connectivity index (χ4v) is 1.70. The molecule has 0 unspecified atom stereocenters. The second-order valence-corrected chi connectivity index (χ2v) is 4.14. The first-order valence-electron chi connectivity index (χ1n) is 6.29. The summed E-state index contributed by atoms with van der Waals surface area (Å²) in [5.74, 6) is 6.60. The number of ether oxygens (including phenoxy) is 1. The number of hydrogen-bond acceptors (Lipinski definition) is 3. The molecule has 20 heavy (non-hydrogen) atoms. The average Bonchev–Trinajstić information content (AvgIpc) is 2.52. The van der Waals surface area contributed by atoms with Crippen LogP contribution in [-0.4, -0.2) is 13.0 Å². The van der Waals surface area contributed by atoms with E-state index in [1.807, 2.05) is 54.6 Å². The van der Waals surface area contributed by atoms with E-state index in [9.17, 15) is 0 Å². The molecule has 2 aromatic rings. The molecule has 0 amide bonds. The van der Waals surface area contributed by atoms with Gasteiger partial charge in [0.05, 0.1) is 0 Å². The van der Waals surface area contributed by atoms with Crippen LogP contribution in [-0.2, 0) is 6.61 Å². The monoisotopic (exact) mass is 270 g/mol. The van der Waals surface area contributed by atoms with Gasteiger partial charge in [-0.05, 0) is 17.7 Å². The highest BCUT2D eigenvalue weighted by Crippen LogP contribution is 2.18. The highest BCUT2D eigenvalue weighted by molar-refractivity contribution is 5.93. The summed E-state index contributed by atoms with van der Waals surface area (Å²) in [4.78, 5) is 3.95. The summed E-state index contributed by atoms with van der Waals surface area (Å²) < 4.78 is 5.75. The van der Waals surface area contributed by atoms with E-state index in [4.69, 9.17) is 10.6 Å². The minimum Gasteiger partial charge on any atom is -0.489 e. The molecule has 0 heterocycles. The van der Waals surface area contributed by atoms with Crippen molar-refractivity contribution in [3.8, 4) is 5.75 Å². The third kappa shape index (κ3) is 4.00. The number of hydrazine groups is 1. The second-order valence-electron chi connectivity index (χ2n) is 4.14. The lowest BCUT2D eigenvalue weighted by Gasteiger charge is -2.10. The van der Waals surface area contributed by atoms with Crippen LogP contribution < -0.4 is 21.3 Å². The molecule has 0 aromatic heterocycles. The number of rotatable bonds is 4. The molecule has 0 saturated heterocycles. The van der Waals surface area contributed by atoms with Crippen LogP contribution in [0, 0.1) is 0 Å². The van der Waals surface area contributed by atoms with Gasteiger partial charge >= 0.3 is 0 Å². The van der Waals surface area contributed by atoms with Crippen LogP contribution in [0.1, 0.15) is 5.56 Å². The van der Waals surface area contributed by atoms with Crippen molar-refractivity contribution in [3.63, 3.8) is 0 Å². The van der Waals surface area contributed by atoms with Crippen molar-refractivity contribution >= 4 is 11.6 Å². The molecule has 0 bridgehead atoms. The van der Waals surface area contributed by atoms with Gasteiger partial charge in [0.2, 0.25) is 5.96 Å². The molecular formula is C15H18N4O. The summed E-state index contributed by atoms with van der Waals surface area (Å²) in [5.41, 5.74) is 4.46. The number of nitrogens with two attached hydrogens (primary N) is 1. The van der Waals surface area contributed by atoms with Crippen LogP contribution >= 0.6 is 0 Å². The van der Waals surface area contributed by atoms with Gasteiger partial charge in [0.25, 0.3) is 0 Å². The topological polar surface area (TPSA) is 71.7 Å². The Morgan fingerprint density at radius 1 is 1.15 bits per heavy atom. The van der Waals surface area contributed by atoms with E-state index < -0.39 is 0 Å². The summed E-state index contributed by atoms with van der Waals surface area (Å²) in [5, 5.41) is 3.05. The molecule has 0 aliphatic heterocycles. The molecule has 0 aliphatic rings. The molecule has 0 spiro atoms. The Bertz CT molecular complexity index is 569.